The number of ketones is 1. The van der Waals surface area contributed by atoms with Crippen LogP contribution in [0.5, 0.6) is 0 Å². The van der Waals surface area contributed by atoms with E-state index in [1.165, 1.54) is 11.0 Å². The van der Waals surface area contributed by atoms with E-state index in [0.29, 0.717) is 24.3 Å². The lowest BCUT2D eigenvalue weighted by atomic mass is 10.1. The number of para-hydroxylation sites is 1. The average Bonchev–Trinajstić information content (AvgIpc) is 2.96. The van der Waals surface area contributed by atoms with Gasteiger partial charge in [-0.05, 0) is 55.5 Å². The highest BCUT2D eigenvalue weighted by Crippen LogP contribution is 2.19. The number of nitrogen functional groups attached to an aromatic ring is 1. The van der Waals surface area contributed by atoms with Gasteiger partial charge < -0.3 is 26.4 Å². The molecule has 1 fully saturated rings. The summed E-state index contributed by atoms with van der Waals surface area (Å²) in [6, 6.07) is 22.0. The molecule has 0 bridgehead atoms. The number of piperazine rings is 1. The van der Waals surface area contributed by atoms with Crippen molar-refractivity contribution in [2.24, 2.45) is 11.5 Å². The third-order valence-corrected chi connectivity index (χ3v) is 6.26. The van der Waals surface area contributed by atoms with Gasteiger partial charge in [0.2, 0.25) is 0 Å². The van der Waals surface area contributed by atoms with Gasteiger partial charge in [0.25, 0.3) is 5.91 Å². The largest absolute Gasteiger partial charge is 0.480 e. The number of rotatable bonds is 7. The Morgan fingerprint density at radius 3 is 1.95 bits per heavy atom. The van der Waals surface area contributed by atoms with Gasteiger partial charge >= 0.3 is 12.0 Å². The zero-order valence-electron chi connectivity index (χ0n) is 22.1. The molecule has 0 spiro atoms. The molecule has 0 aromatic heterocycles. The molecule has 0 atom stereocenters. The van der Waals surface area contributed by atoms with E-state index < -0.39 is 18.4 Å². The van der Waals surface area contributed by atoms with Crippen LogP contribution in [0.3, 0.4) is 0 Å². The van der Waals surface area contributed by atoms with Crippen molar-refractivity contribution in [3.05, 3.63) is 95.6 Å². The number of benzene rings is 3. The van der Waals surface area contributed by atoms with Crippen LogP contribution in [0.4, 0.5) is 16.2 Å². The molecule has 4 rings (SSSR count). The minimum atomic E-state index is -1.11. The maximum Gasteiger partial charge on any atom is 0.323 e. The number of hydrogen-bond acceptors (Lipinski definition) is 6. The third-order valence-electron chi connectivity index (χ3n) is 6.26. The molecular weight excluding hydrogens is 512 g/mol. The summed E-state index contributed by atoms with van der Waals surface area (Å²) in [6.45, 7) is 3.92. The van der Waals surface area contributed by atoms with Gasteiger partial charge in [-0.2, -0.15) is 0 Å². The summed E-state index contributed by atoms with van der Waals surface area (Å²) >= 11 is 0. The van der Waals surface area contributed by atoms with Crippen LogP contribution >= 0.6 is 0 Å². The number of amides is 3. The number of aliphatic carboxylic acids is 1. The summed E-state index contributed by atoms with van der Waals surface area (Å²) in [5.74, 6) is -1.66. The predicted molar refractivity (Wildman–Crippen MR) is 153 cm³/mol. The topological polar surface area (TPSA) is 174 Å². The smallest absolute Gasteiger partial charge is 0.323 e. The van der Waals surface area contributed by atoms with Crippen molar-refractivity contribution in [2.45, 2.75) is 6.92 Å². The minimum Gasteiger partial charge on any atom is -0.480 e. The number of hydrogen-bond donors (Lipinski definition) is 4. The number of primary amides is 1. The molecule has 0 radical (unpaired) electrons. The molecule has 0 aliphatic carbocycles. The first-order chi connectivity index (χ1) is 19.1. The van der Waals surface area contributed by atoms with Crippen molar-refractivity contribution in [2.75, 3.05) is 42.5 Å². The monoisotopic (exact) mass is 544 g/mol. The molecule has 11 heteroatoms. The van der Waals surface area contributed by atoms with Crippen LogP contribution in [0.15, 0.2) is 78.9 Å². The molecule has 1 saturated heterocycles. The second kappa shape index (κ2) is 13.6. The number of anilines is 2. The van der Waals surface area contributed by atoms with Crippen LogP contribution in [-0.4, -0.2) is 72.3 Å². The molecule has 1 heterocycles. The Labute approximate surface area is 232 Å². The molecule has 1 aliphatic heterocycles. The molecule has 0 unspecified atom stereocenters. The SMILES string of the molecule is CC(=O)c1ccc(N2CCN(C(N)=O)CC2)cc1.N=C(N)c1cccc(C(=O)N(CC(=O)O)c2ccccc2)c1. The number of carboxylic acid groups (broad SMARTS) is 1. The van der Waals surface area contributed by atoms with Crippen molar-refractivity contribution in [1.82, 2.24) is 4.90 Å². The first kappa shape index (κ1) is 29.4. The highest BCUT2D eigenvalue weighted by atomic mass is 16.4. The van der Waals surface area contributed by atoms with Gasteiger partial charge in [0.05, 0.1) is 0 Å². The van der Waals surface area contributed by atoms with Crippen molar-refractivity contribution < 1.29 is 24.3 Å². The van der Waals surface area contributed by atoms with Crippen LogP contribution in [-0.2, 0) is 4.79 Å². The van der Waals surface area contributed by atoms with Gasteiger partial charge in [0, 0.05) is 54.2 Å². The van der Waals surface area contributed by atoms with E-state index in [2.05, 4.69) is 4.90 Å². The molecule has 0 saturated carbocycles. The van der Waals surface area contributed by atoms with E-state index in [1.54, 1.807) is 60.4 Å². The number of nitrogens with two attached hydrogens (primary N) is 2. The minimum absolute atomic E-state index is 0.0695. The second-order valence-corrected chi connectivity index (χ2v) is 9.03. The maximum absolute atomic E-state index is 12.6. The number of nitrogens with zero attached hydrogens (tertiary/aromatic N) is 3. The number of Topliss-reactive ketones (excluding diaryl/α,β-unsaturated/α-hetero) is 1. The van der Waals surface area contributed by atoms with Gasteiger partial charge in [-0.1, -0.05) is 30.3 Å². The first-order valence-electron chi connectivity index (χ1n) is 12.5. The Morgan fingerprint density at radius 2 is 1.43 bits per heavy atom. The summed E-state index contributed by atoms with van der Waals surface area (Å²) in [7, 11) is 0. The third kappa shape index (κ3) is 7.90. The van der Waals surface area contributed by atoms with Crippen molar-refractivity contribution in [3.63, 3.8) is 0 Å². The fourth-order valence-corrected chi connectivity index (χ4v) is 4.09. The van der Waals surface area contributed by atoms with E-state index in [9.17, 15) is 19.2 Å². The Kier molecular flexibility index (Phi) is 9.95. The van der Waals surface area contributed by atoms with Crippen LogP contribution in [0.2, 0.25) is 0 Å². The number of carbonyl (C=O) groups is 4. The molecule has 6 N–H and O–H groups in total. The molecule has 40 heavy (non-hydrogen) atoms. The highest BCUT2D eigenvalue weighted by molar-refractivity contribution is 6.09. The summed E-state index contributed by atoms with van der Waals surface area (Å²) < 4.78 is 0. The van der Waals surface area contributed by atoms with Gasteiger partial charge in [-0.3, -0.25) is 24.7 Å². The number of carboxylic acids is 1. The van der Waals surface area contributed by atoms with Crippen molar-refractivity contribution in [1.29, 1.82) is 5.41 Å². The molecular formula is C29H32N6O5. The van der Waals surface area contributed by atoms with E-state index in [0.717, 1.165) is 24.3 Å². The number of carbonyl (C=O) groups excluding carboxylic acids is 3. The Hall–Kier alpha value is -5.19. The number of amidine groups is 1. The predicted octanol–water partition coefficient (Wildman–Crippen LogP) is 2.79. The lowest BCUT2D eigenvalue weighted by Gasteiger charge is -2.35. The fourth-order valence-electron chi connectivity index (χ4n) is 4.09. The Bertz CT molecular complexity index is 1370. The van der Waals surface area contributed by atoms with Crippen LogP contribution in [0, 0.1) is 5.41 Å². The molecule has 11 nitrogen and oxygen atoms in total. The molecule has 3 amide bonds. The standard InChI is InChI=1S/C16H15N3O3.C13H17N3O2/c17-15(18)11-5-4-6-12(9-11)16(22)19(10-14(20)21)13-7-2-1-3-8-13;1-10(17)11-2-4-12(5-3-11)15-6-8-16(9-7-15)13(14)18/h1-9H,10H2,(H3,17,18)(H,20,21);2-5H,6-9H2,1H3,(H2,14,18). The van der Waals surface area contributed by atoms with E-state index >= 15 is 0 Å². The normalized spacial score (nSPS) is 12.5. The lowest BCUT2D eigenvalue weighted by Crippen LogP contribution is -2.50. The van der Waals surface area contributed by atoms with Crippen LogP contribution < -0.4 is 21.3 Å². The first-order valence-corrected chi connectivity index (χ1v) is 12.5. The zero-order chi connectivity index (χ0) is 29.2. The summed E-state index contributed by atoms with van der Waals surface area (Å²) in [4.78, 5) is 50.8. The van der Waals surface area contributed by atoms with Gasteiger partial charge in [-0.15, -0.1) is 0 Å². The van der Waals surface area contributed by atoms with Gasteiger partial charge in [0.15, 0.2) is 5.78 Å². The molecule has 1 aliphatic rings. The molecule has 208 valence electrons. The lowest BCUT2D eigenvalue weighted by molar-refractivity contribution is -0.135. The summed E-state index contributed by atoms with van der Waals surface area (Å²) in [5, 5.41) is 16.5. The summed E-state index contributed by atoms with van der Waals surface area (Å²) in [5.41, 5.74) is 13.6. The number of urea groups is 1. The van der Waals surface area contributed by atoms with Crippen LogP contribution in [0.25, 0.3) is 0 Å². The molecule has 3 aromatic rings. The average molecular weight is 545 g/mol. The van der Waals surface area contributed by atoms with Crippen molar-refractivity contribution in [3.8, 4) is 0 Å². The second-order valence-electron chi connectivity index (χ2n) is 9.03. The number of nitrogens with one attached hydrogen (secondary N) is 1. The summed E-state index contributed by atoms with van der Waals surface area (Å²) in [6.07, 6.45) is 0. The van der Waals surface area contributed by atoms with Crippen LogP contribution in [0.1, 0.15) is 33.2 Å². The van der Waals surface area contributed by atoms with Gasteiger partial charge in [0.1, 0.15) is 12.4 Å². The van der Waals surface area contributed by atoms with E-state index in [1.807, 2.05) is 24.3 Å². The maximum atomic E-state index is 12.6. The quantitative estimate of drug-likeness (QED) is 0.201. The Morgan fingerprint density at radius 1 is 0.825 bits per heavy atom. The zero-order valence-corrected chi connectivity index (χ0v) is 22.1. The van der Waals surface area contributed by atoms with Crippen molar-refractivity contribution >= 4 is 40.9 Å². The highest BCUT2D eigenvalue weighted by Gasteiger charge is 2.21. The molecule has 3 aromatic carbocycles. The van der Waals surface area contributed by atoms with Gasteiger partial charge in [-0.25, -0.2) is 4.79 Å². The van der Waals surface area contributed by atoms with E-state index in [4.69, 9.17) is 22.0 Å². The van der Waals surface area contributed by atoms with E-state index in [-0.39, 0.29) is 23.2 Å². The fraction of sp³-hybridized carbons (Fsp3) is 0.207. The Balaban J connectivity index is 0.000000225.